The summed E-state index contributed by atoms with van der Waals surface area (Å²) in [6.45, 7) is -0.407. The molecule has 0 fully saturated rings. The molecule has 0 bridgehead atoms. The van der Waals surface area contributed by atoms with Gasteiger partial charge in [-0.05, 0) is 41.8 Å². The van der Waals surface area contributed by atoms with Gasteiger partial charge in [-0.15, -0.1) is 24.5 Å². The van der Waals surface area contributed by atoms with Gasteiger partial charge in [0.25, 0.3) is 0 Å². The van der Waals surface area contributed by atoms with Crippen LogP contribution in [0.4, 0.5) is 13.2 Å². The number of furan rings is 1. The molecule has 0 saturated carbocycles. The van der Waals surface area contributed by atoms with Crippen molar-refractivity contribution in [2.24, 2.45) is 0 Å². The van der Waals surface area contributed by atoms with Crippen molar-refractivity contribution < 1.29 is 35.8 Å². The molecular weight excluding hydrogens is 419 g/mol. The highest BCUT2D eigenvalue weighted by atomic mass is 32.2. The van der Waals surface area contributed by atoms with E-state index in [9.17, 15) is 26.7 Å². The van der Waals surface area contributed by atoms with E-state index in [2.05, 4.69) is 9.46 Å². The number of sulfonamides is 1. The number of benzene rings is 1. The molecule has 3 rings (SSSR count). The first kappa shape index (κ1) is 20.4. The average Bonchev–Trinajstić information content (AvgIpc) is 3.32. The van der Waals surface area contributed by atoms with Gasteiger partial charge < -0.3 is 14.3 Å². The Morgan fingerprint density at radius 3 is 2.39 bits per heavy atom. The molecule has 2 heterocycles. The number of alkyl halides is 3. The standard InChI is InChI=1S/C17H14F3NO5S2/c18-17(19,20)26-13-3-5-14(6-4-13)28(23,24)21-11-16(22,12-7-8-25-10-12)15-2-1-9-27-15/h1-10,21-22H,11H2. The van der Waals surface area contributed by atoms with Crippen LogP contribution in [0.2, 0.25) is 0 Å². The lowest BCUT2D eigenvalue weighted by molar-refractivity contribution is -0.274. The van der Waals surface area contributed by atoms with Crippen molar-refractivity contribution >= 4 is 21.4 Å². The van der Waals surface area contributed by atoms with Gasteiger partial charge in [0.15, 0.2) is 0 Å². The van der Waals surface area contributed by atoms with Crippen molar-refractivity contribution in [1.29, 1.82) is 0 Å². The fraction of sp³-hybridized carbons (Fsp3) is 0.176. The first-order chi connectivity index (χ1) is 13.1. The summed E-state index contributed by atoms with van der Waals surface area (Å²) in [5.74, 6) is -0.542. The second kappa shape index (κ2) is 7.59. The van der Waals surface area contributed by atoms with Crippen molar-refractivity contribution in [3.8, 4) is 5.75 Å². The number of halogens is 3. The fourth-order valence-corrected chi connectivity index (χ4v) is 4.35. The van der Waals surface area contributed by atoms with Crippen molar-refractivity contribution in [3.63, 3.8) is 0 Å². The van der Waals surface area contributed by atoms with Crippen molar-refractivity contribution in [3.05, 3.63) is 70.8 Å². The number of hydrogen-bond donors (Lipinski definition) is 2. The van der Waals surface area contributed by atoms with E-state index in [0.29, 0.717) is 10.4 Å². The first-order valence-electron chi connectivity index (χ1n) is 7.75. The molecule has 2 N–H and O–H groups in total. The van der Waals surface area contributed by atoms with E-state index in [1.807, 2.05) is 0 Å². The van der Waals surface area contributed by atoms with Crippen LogP contribution < -0.4 is 9.46 Å². The van der Waals surface area contributed by atoms with E-state index < -0.39 is 34.3 Å². The van der Waals surface area contributed by atoms with Gasteiger partial charge in [0.1, 0.15) is 11.4 Å². The maximum Gasteiger partial charge on any atom is 0.573 e. The number of rotatable bonds is 7. The van der Waals surface area contributed by atoms with E-state index in [4.69, 9.17) is 4.42 Å². The summed E-state index contributed by atoms with van der Waals surface area (Å²) < 4.78 is 72.6. The van der Waals surface area contributed by atoms with E-state index in [0.717, 1.165) is 24.3 Å². The number of thiophene rings is 1. The molecule has 28 heavy (non-hydrogen) atoms. The Morgan fingerprint density at radius 2 is 1.86 bits per heavy atom. The highest BCUT2D eigenvalue weighted by Crippen LogP contribution is 2.33. The molecule has 6 nitrogen and oxygen atoms in total. The zero-order valence-corrected chi connectivity index (χ0v) is 15.6. The minimum Gasteiger partial charge on any atom is -0.472 e. The largest absolute Gasteiger partial charge is 0.573 e. The zero-order chi connectivity index (χ0) is 20.4. The molecule has 150 valence electrons. The lowest BCUT2D eigenvalue weighted by Gasteiger charge is -2.26. The minimum atomic E-state index is -4.87. The normalized spacial score (nSPS) is 14.6. The predicted octanol–water partition coefficient (Wildman–Crippen LogP) is 3.45. The number of nitrogens with one attached hydrogen (secondary N) is 1. The quantitative estimate of drug-likeness (QED) is 0.596. The van der Waals surface area contributed by atoms with Gasteiger partial charge in [-0.25, -0.2) is 13.1 Å². The molecular formula is C17H14F3NO5S2. The molecule has 3 aromatic rings. The molecule has 1 aromatic carbocycles. The third-order valence-electron chi connectivity index (χ3n) is 3.81. The van der Waals surface area contributed by atoms with Gasteiger partial charge >= 0.3 is 6.36 Å². The van der Waals surface area contributed by atoms with E-state index in [1.165, 1.54) is 29.9 Å². The van der Waals surface area contributed by atoms with Gasteiger partial charge in [0, 0.05) is 17.0 Å². The minimum absolute atomic E-state index is 0.275. The van der Waals surface area contributed by atoms with Gasteiger partial charge in [0.2, 0.25) is 10.0 Å². The van der Waals surface area contributed by atoms with Crippen LogP contribution in [-0.4, -0.2) is 26.4 Å². The molecule has 0 saturated heterocycles. The molecule has 0 amide bonds. The van der Waals surface area contributed by atoms with E-state index in [-0.39, 0.29) is 4.90 Å². The Morgan fingerprint density at radius 1 is 1.14 bits per heavy atom. The molecule has 0 aliphatic heterocycles. The van der Waals surface area contributed by atoms with Crippen LogP contribution >= 0.6 is 11.3 Å². The lowest BCUT2D eigenvalue weighted by Crippen LogP contribution is -2.40. The Bertz CT molecular complexity index is 964. The Kier molecular flexibility index (Phi) is 5.53. The van der Waals surface area contributed by atoms with E-state index in [1.54, 1.807) is 17.5 Å². The SMILES string of the molecule is O=S(=O)(NCC(O)(c1ccoc1)c1cccs1)c1ccc(OC(F)(F)F)cc1. The molecule has 0 radical (unpaired) electrons. The molecule has 0 aliphatic carbocycles. The maximum absolute atomic E-state index is 12.5. The zero-order valence-electron chi connectivity index (χ0n) is 14.0. The molecule has 2 aromatic heterocycles. The summed E-state index contributed by atoms with van der Waals surface area (Å²) in [5.41, 5.74) is -1.32. The second-order valence-corrected chi connectivity index (χ2v) is 8.41. The molecule has 1 unspecified atom stereocenters. The van der Waals surface area contributed by atoms with Crippen LogP contribution in [0, 0.1) is 0 Å². The summed E-state index contributed by atoms with van der Waals surface area (Å²) in [7, 11) is -4.11. The molecule has 0 spiro atoms. The Labute approximate surface area is 162 Å². The van der Waals surface area contributed by atoms with Gasteiger partial charge in [-0.3, -0.25) is 0 Å². The predicted molar refractivity (Wildman–Crippen MR) is 94.3 cm³/mol. The molecule has 1 atom stereocenters. The summed E-state index contributed by atoms with van der Waals surface area (Å²) in [4.78, 5) is 0.216. The third kappa shape index (κ3) is 4.55. The van der Waals surface area contributed by atoms with Crippen molar-refractivity contribution in [2.45, 2.75) is 16.9 Å². The van der Waals surface area contributed by atoms with Crippen LogP contribution in [0.1, 0.15) is 10.4 Å². The molecule has 11 heteroatoms. The fourth-order valence-electron chi connectivity index (χ4n) is 2.45. The van der Waals surface area contributed by atoms with Gasteiger partial charge in [-0.1, -0.05) is 6.07 Å². The van der Waals surface area contributed by atoms with Crippen LogP contribution in [0.3, 0.4) is 0 Å². The number of aliphatic hydroxyl groups is 1. The summed E-state index contributed by atoms with van der Waals surface area (Å²) in [5, 5.41) is 12.8. The highest BCUT2D eigenvalue weighted by Gasteiger charge is 2.35. The topological polar surface area (TPSA) is 88.8 Å². The summed E-state index contributed by atoms with van der Waals surface area (Å²) in [6.07, 6.45) is -2.22. The molecule has 0 aliphatic rings. The summed E-state index contributed by atoms with van der Waals surface area (Å²) in [6, 6.07) is 8.61. The van der Waals surface area contributed by atoms with Crippen molar-refractivity contribution in [2.75, 3.05) is 6.54 Å². The highest BCUT2D eigenvalue weighted by molar-refractivity contribution is 7.89. The monoisotopic (exact) mass is 433 g/mol. The average molecular weight is 433 g/mol. The Hall–Kier alpha value is -2.34. The van der Waals surface area contributed by atoms with Gasteiger partial charge in [-0.2, -0.15) is 0 Å². The van der Waals surface area contributed by atoms with E-state index >= 15 is 0 Å². The van der Waals surface area contributed by atoms with Crippen molar-refractivity contribution in [1.82, 2.24) is 4.72 Å². The number of ether oxygens (including phenoxy) is 1. The van der Waals surface area contributed by atoms with Crippen LogP contribution in [0.25, 0.3) is 0 Å². The van der Waals surface area contributed by atoms with Crippen LogP contribution in [-0.2, 0) is 15.6 Å². The summed E-state index contributed by atoms with van der Waals surface area (Å²) >= 11 is 1.23. The van der Waals surface area contributed by atoms with Gasteiger partial charge in [0.05, 0.1) is 17.4 Å². The Balaban J connectivity index is 1.80. The number of hydrogen-bond acceptors (Lipinski definition) is 6. The lowest BCUT2D eigenvalue weighted by atomic mass is 9.95. The maximum atomic E-state index is 12.5. The first-order valence-corrected chi connectivity index (χ1v) is 10.1. The third-order valence-corrected chi connectivity index (χ3v) is 6.25. The van der Waals surface area contributed by atoms with Crippen LogP contribution in [0.15, 0.2) is 69.7 Å². The smallest absolute Gasteiger partial charge is 0.472 e. The second-order valence-electron chi connectivity index (χ2n) is 5.69. The van der Waals surface area contributed by atoms with Crippen LogP contribution in [0.5, 0.6) is 5.75 Å².